The van der Waals surface area contributed by atoms with Gasteiger partial charge in [-0.15, -0.1) is 0 Å². The largest absolute Gasteiger partial charge is 0.446 e. The SMILES string of the molecule is Cc1c(N)ccc(SC(F)(F)F)c1C. The molecule has 0 aliphatic carbocycles. The highest BCUT2D eigenvalue weighted by atomic mass is 32.2. The number of alkyl halides is 3. The summed E-state index contributed by atoms with van der Waals surface area (Å²) in [6, 6.07) is 2.90. The summed E-state index contributed by atoms with van der Waals surface area (Å²) in [5.74, 6) is 0. The Labute approximate surface area is 84.5 Å². The summed E-state index contributed by atoms with van der Waals surface area (Å²) in [6.45, 7) is 3.35. The minimum atomic E-state index is -4.24. The van der Waals surface area contributed by atoms with Crippen LogP contribution in [0.3, 0.4) is 0 Å². The fraction of sp³-hybridized carbons (Fsp3) is 0.333. The molecule has 0 aliphatic rings. The van der Waals surface area contributed by atoms with Crippen molar-refractivity contribution in [1.29, 1.82) is 0 Å². The molecule has 2 N–H and O–H groups in total. The number of benzene rings is 1. The molecule has 0 saturated heterocycles. The minimum absolute atomic E-state index is 0.105. The predicted octanol–water partition coefficient (Wildman–Crippen LogP) is 3.50. The lowest BCUT2D eigenvalue weighted by Crippen LogP contribution is -2.01. The Kier molecular flexibility index (Phi) is 2.99. The topological polar surface area (TPSA) is 26.0 Å². The van der Waals surface area contributed by atoms with E-state index < -0.39 is 5.51 Å². The first-order valence-electron chi connectivity index (χ1n) is 3.92. The van der Waals surface area contributed by atoms with Gasteiger partial charge < -0.3 is 5.73 Å². The van der Waals surface area contributed by atoms with E-state index in [1.54, 1.807) is 13.8 Å². The van der Waals surface area contributed by atoms with Crippen molar-refractivity contribution in [3.8, 4) is 0 Å². The molecule has 0 heterocycles. The fourth-order valence-electron chi connectivity index (χ4n) is 1.05. The van der Waals surface area contributed by atoms with E-state index in [4.69, 9.17) is 5.73 Å². The summed E-state index contributed by atoms with van der Waals surface area (Å²) in [6.07, 6.45) is 0. The maximum absolute atomic E-state index is 12.1. The Morgan fingerprint density at radius 3 is 2.21 bits per heavy atom. The smallest absolute Gasteiger partial charge is 0.399 e. The summed E-state index contributed by atoms with van der Waals surface area (Å²) in [4.78, 5) is 0.212. The van der Waals surface area contributed by atoms with Crippen LogP contribution in [0.1, 0.15) is 11.1 Å². The van der Waals surface area contributed by atoms with E-state index in [1.807, 2.05) is 0 Å². The van der Waals surface area contributed by atoms with Gasteiger partial charge in [-0.2, -0.15) is 13.2 Å². The van der Waals surface area contributed by atoms with Crippen LogP contribution in [-0.4, -0.2) is 5.51 Å². The molecular formula is C9H10F3NS. The van der Waals surface area contributed by atoms with E-state index in [2.05, 4.69) is 0 Å². The molecule has 1 rings (SSSR count). The van der Waals surface area contributed by atoms with Crippen LogP contribution in [0.5, 0.6) is 0 Å². The second-order valence-corrected chi connectivity index (χ2v) is 4.06. The van der Waals surface area contributed by atoms with Gasteiger partial charge in [0.2, 0.25) is 0 Å². The minimum Gasteiger partial charge on any atom is -0.399 e. The zero-order valence-corrected chi connectivity index (χ0v) is 8.59. The van der Waals surface area contributed by atoms with Gasteiger partial charge in [0.1, 0.15) is 0 Å². The van der Waals surface area contributed by atoms with Crippen molar-refractivity contribution >= 4 is 17.4 Å². The van der Waals surface area contributed by atoms with Gasteiger partial charge in [-0.25, -0.2) is 0 Å². The van der Waals surface area contributed by atoms with Crippen LogP contribution < -0.4 is 5.73 Å². The lowest BCUT2D eigenvalue weighted by Gasteiger charge is -2.11. The molecule has 0 bridgehead atoms. The van der Waals surface area contributed by atoms with Crippen LogP contribution in [0.25, 0.3) is 0 Å². The van der Waals surface area contributed by atoms with Gasteiger partial charge in [0, 0.05) is 10.6 Å². The van der Waals surface area contributed by atoms with Gasteiger partial charge >= 0.3 is 5.51 Å². The van der Waals surface area contributed by atoms with Crippen LogP contribution in [0.2, 0.25) is 0 Å². The molecule has 1 aromatic carbocycles. The van der Waals surface area contributed by atoms with E-state index in [0.29, 0.717) is 16.8 Å². The average Bonchev–Trinajstić information content (AvgIpc) is 2.04. The third-order valence-electron chi connectivity index (χ3n) is 2.01. The maximum Gasteiger partial charge on any atom is 0.446 e. The third kappa shape index (κ3) is 2.57. The summed E-state index contributed by atoms with van der Waals surface area (Å²) < 4.78 is 36.3. The van der Waals surface area contributed by atoms with E-state index in [1.165, 1.54) is 12.1 Å². The van der Waals surface area contributed by atoms with Gasteiger partial charge in [0.15, 0.2) is 0 Å². The van der Waals surface area contributed by atoms with Gasteiger partial charge in [-0.3, -0.25) is 0 Å². The van der Waals surface area contributed by atoms with Crippen molar-refractivity contribution in [3.05, 3.63) is 23.3 Å². The molecule has 0 fully saturated rings. The number of thioether (sulfide) groups is 1. The highest BCUT2D eigenvalue weighted by molar-refractivity contribution is 8.00. The zero-order valence-electron chi connectivity index (χ0n) is 7.77. The summed E-state index contributed by atoms with van der Waals surface area (Å²) >= 11 is -0.105. The standard InChI is InChI=1S/C9H10F3NS/c1-5-6(2)8(4-3-7(5)13)14-9(10,11)12/h3-4H,13H2,1-2H3. The number of hydrogen-bond donors (Lipinski definition) is 1. The lowest BCUT2D eigenvalue weighted by atomic mass is 10.1. The molecule has 0 amide bonds. The highest BCUT2D eigenvalue weighted by Crippen LogP contribution is 2.39. The van der Waals surface area contributed by atoms with Crippen LogP contribution >= 0.6 is 11.8 Å². The fourth-order valence-corrected chi connectivity index (χ4v) is 1.74. The summed E-state index contributed by atoms with van der Waals surface area (Å²) in [5, 5.41) is 0. The van der Waals surface area contributed by atoms with Crippen LogP contribution in [0, 0.1) is 13.8 Å². The molecule has 14 heavy (non-hydrogen) atoms. The summed E-state index contributed by atoms with van der Waals surface area (Å²) in [7, 11) is 0. The molecule has 0 radical (unpaired) electrons. The molecule has 0 spiro atoms. The lowest BCUT2D eigenvalue weighted by molar-refractivity contribution is -0.0328. The first-order chi connectivity index (χ1) is 6.31. The normalized spacial score (nSPS) is 11.8. The van der Waals surface area contributed by atoms with Crippen molar-refractivity contribution in [3.63, 3.8) is 0 Å². The van der Waals surface area contributed by atoms with Crippen molar-refractivity contribution < 1.29 is 13.2 Å². The van der Waals surface area contributed by atoms with Crippen molar-refractivity contribution in [2.24, 2.45) is 0 Å². The van der Waals surface area contributed by atoms with Crippen molar-refractivity contribution in [1.82, 2.24) is 0 Å². The van der Waals surface area contributed by atoms with Crippen molar-refractivity contribution in [2.75, 3.05) is 5.73 Å². The molecular weight excluding hydrogens is 211 g/mol. The number of nitrogens with two attached hydrogens (primary N) is 1. The second kappa shape index (κ2) is 3.73. The number of halogens is 3. The Morgan fingerprint density at radius 1 is 1.14 bits per heavy atom. The first kappa shape index (κ1) is 11.2. The monoisotopic (exact) mass is 221 g/mol. The predicted molar refractivity (Wildman–Crippen MR) is 52.2 cm³/mol. The maximum atomic E-state index is 12.1. The van der Waals surface area contributed by atoms with E-state index in [-0.39, 0.29) is 16.7 Å². The number of hydrogen-bond acceptors (Lipinski definition) is 2. The number of nitrogen functional groups attached to an aromatic ring is 1. The zero-order chi connectivity index (χ0) is 10.9. The molecule has 0 saturated carbocycles. The van der Waals surface area contributed by atoms with Gasteiger partial charge in [0.25, 0.3) is 0 Å². The molecule has 78 valence electrons. The second-order valence-electron chi connectivity index (χ2n) is 2.95. The van der Waals surface area contributed by atoms with Crippen molar-refractivity contribution in [2.45, 2.75) is 24.3 Å². The van der Waals surface area contributed by atoms with Crippen LogP contribution in [0.15, 0.2) is 17.0 Å². The molecule has 0 aliphatic heterocycles. The molecule has 1 nitrogen and oxygen atoms in total. The van der Waals surface area contributed by atoms with Crippen LogP contribution in [0.4, 0.5) is 18.9 Å². The Bertz CT molecular complexity index is 347. The Balaban J connectivity index is 3.06. The number of rotatable bonds is 1. The third-order valence-corrected chi connectivity index (χ3v) is 2.90. The quantitative estimate of drug-likeness (QED) is 0.580. The van der Waals surface area contributed by atoms with E-state index >= 15 is 0 Å². The summed E-state index contributed by atoms with van der Waals surface area (Å²) in [5.41, 5.74) is 3.14. The molecule has 0 aromatic heterocycles. The van der Waals surface area contributed by atoms with Gasteiger partial charge in [0.05, 0.1) is 0 Å². The molecule has 5 heteroatoms. The Hall–Kier alpha value is -0.840. The highest BCUT2D eigenvalue weighted by Gasteiger charge is 2.30. The average molecular weight is 221 g/mol. The Morgan fingerprint density at radius 2 is 1.71 bits per heavy atom. The first-order valence-corrected chi connectivity index (χ1v) is 4.74. The molecule has 0 atom stereocenters. The number of anilines is 1. The van der Waals surface area contributed by atoms with Gasteiger partial charge in [-0.1, -0.05) is 0 Å². The van der Waals surface area contributed by atoms with Crippen LogP contribution in [-0.2, 0) is 0 Å². The molecule has 0 unspecified atom stereocenters. The molecule has 1 aromatic rings. The van der Waals surface area contributed by atoms with Gasteiger partial charge in [-0.05, 0) is 48.9 Å². The van der Waals surface area contributed by atoms with E-state index in [9.17, 15) is 13.2 Å². The van der Waals surface area contributed by atoms with E-state index in [0.717, 1.165) is 0 Å².